The molecule has 7 heteroatoms. The maximum absolute atomic E-state index is 12.4. The minimum atomic E-state index is -0.974. The summed E-state index contributed by atoms with van der Waals surface area (Å²) in [6, 6.07) is 8.88. The maximum Gasteiger partial charge on any atom is 0.338 e. The number of rotatable bonds is 3. The van der Waals surface area contributed by atoms with Crippen molar-refractivity contribution < 1.29 is 28.6 Å². The van der Waals surface area contributed by atoms with Gasteiger partial charge < -0.3 is 23.8 Å². The van der Waals surface area contributed by atoms with E-state index < -0.39 is 17.9 Å². The van der Waals surface area contributed by atoms with Crippen LogP contribution in [0, 0.1) is 5.92 Å². The second-order valence-electron chi connectivity index (χ2n) is 6.04. The molecule has 24 heavy (non-hydrogen) atoms. The van der Waals surface area contributed by atoms with E-state index in [2.05, 4.69) is 5.16 Å². The number of carbonyl (C=O) groups is 1. The maximum atomic E-state index is 12.4. The third-order valence-electron chi connectivity index (χ3n) is 4.69. The summed E-state index contributed by atoms with van der Waals surface area (Å²) in [4.78, 5) is 17.7. The predicted octanol–water partition coefficient (Wildman–Crippen LogP) is 1.38. The Bertz CT molecular complexity index is 640. The molecule has 128 valence electrons. The zero-order valence-electron chi connectivity index (χ0n) is 13.3. The summed E-state index contributed by atoms with van der Waals surface area (Å²) in [5.41, 5.74) is 1.19. The number of ether oxygens (including phenoxy) is 4. The van der Waals surface area contributed by atoms with E-state index in [0.29, 0.717) is 37.5 Å². The molecular formula is C17H19NO6. The van der Waals surface area contributed by atoms with Crippen molar-refractivity contribution in [2.45, 2.75) is 24.4 Å². The predicted molar refractivity (Wildman–Crippen MR) is 82.6 cm³/mol. The summed E-state index contributed by atoms with van der Waals surface area (Å²) >= 11 is 0. The van der Waals surface area contributed by atoms with Crippen molar-refractivity contribution in [2.75, 3.05) is 26.9 Å². The molecule has 0 N–H and O–H groups in total. The topological polar surface area (TPSA) is 75.6 Å². The van der Waals surface area contributed by atoms with Crippen LogP contribution in [0.2, 0.25) is 0 Å². The van der Waals surface area contributed by atoms with Gasteiger partial charge in [-0.15, -0.1) is 0 Å². The third kappa shape index (κ3) is 2.49. The SMILES string of the molecule is CO[C@H]1[C@H](OC(=O)c2ccccc2)CC2(OCCO2)C2=NOC[C@@H]21. The van der Waals surface area contributed by atoms with E-state index in [1.165, 1.54) is 0 Å². The first-order valence-corrected chi connectivity index (χ1v) is 8.00. The lowest BCUT2D eigenvalue weighted by atomic mass is 9.79. The van der Waals surface area contributed by atoms with E-state index >= 15 is 0 Å². The molecule has 1 saturated heterocycles. The molecule has 0 amide bonds. The lowest BCUT2D eigenvalue weighted by Gasteiger charge is -2.42. The molecule has 4 rings (SSSR count). The van der Waals surface area contributed by atoms with Crippen LogP contribution in [0.15, 0.2) is 35.5 Å². The van der Waals surface area contributed by atoms with Crippen molar-refractivity contribution in [1.29, 1.82) is 0 Å². The van der Waals surface area contributed by atoms with Gasteiger partial charge in [-0.1, -0.05) is 23.4 Å². The van der Waals surface area contributed by atoms with Gasteiger partial charge in [0.15, 0.2) is 0 Å². The van der Waals surface area contributed by atoms with Gasteiger partial charge in [0, 0.05) is 13.5 Å². The van der Waals surface area contributed by atoms with Gasteiger partial charge in [-0.3, -0.25) is 0 Å². The summed E-state index contributed by atoms with van der Waals surface area (Å²) in [6.45, 7) is 1.31. The largest absolute Gasteiger partial charge is 0.456 e. The van der Waals surface area contributed by atoms with Crippen LogP contribution >= 0.6 is 0 Å². The molecule has 0 aromatic heterocycles. The number of fused-ring (bicyclic) bond motifs is 2. The molecular weight excluding hydrogens is 314 g/mol. The number of carbonyl (C=O) groups excluding carboxylic acids is 1. The van der Waals surface area contributed by atoms with Gasteiger partial charge >= 0.3 is 5.97 Å². The summed E-state index contributed by atoms with van der Waals surface area (Å²) in [5, 5.41) is 4.11. The highest BCUT2D eigenvalue weighted by molar-refractivity contribution is 5.96. The number of hydrogen-bond donors (Lipinski definition) is 0. The van der Waals surface area contributed by atoms with Crippen molar-refractivity contribution in [3.05, 3.63) is 35.9 Å². The molecule has 2 aliphatic heterocycles. The van der Waals surface area contributed by atoms with Crippen molar-refractivity contribution in [1.82, 2.24) is 0 Å². The van der Waals surface area contributed by atoms with Gasteiger partial charge in [-0.2, -0.15) is 0 Å². The molecule has 7 nitrogen and oxygen atoms in total. The van der Waals surface area contributed by atoms with Crippen molar-refractivity contribution in [3.63, 3.8) is 0 Å². The van der Waals surface area contributed by atoms with E-state index in [1.54, 1.807) is 31.4 Å². The van der Waals surface area contributed by atoms with E-state index in [1.807, 2.05) is 6.07 Å². The average molecular weight is 333 g/mol. The number of esters is 1. The third-order valence-corrected chi connectivity index (χ3v) is 4.69. The molecule has 2 fully saturated rings. The van der Waals surface area contributed by atoms with Crippen LogP contribution in [0.3, 0.4) is 0 Å². The molecule has 1 spiro atoms. The zero-order valence-corrected chi connectivity index (χ0v) is 13.3. The summed E-state index contributed by atoms with van der Waals surface area (Å²) in [7, 11) is 1.60. The normalized spacial score (nSPS) is 30.5. The smallest absolute Gasteiger partial charge is 0.338 e. The summed E-state index contributed by atoms with van der Waals surface area (Å²) in [6.07, 6.45) is -0.522. The van der Waals surface area contributed by atoms with Gasteiger partial charge in [0.1, 0.15) is 24.5 Å². The fourth-order valence-corrected chi connectivity index (χ4v) is 3.61. The Balaban J connectivity index is 1.59. The van der Waals surface area contributed by atoms with E-state index in [4.69, 9.17) is 23.8 Å². The number of hydrogen-bond acceptors (Lipinski definition) is 7. The molecule has 0 bridgehead atoms. The van der Waals surface area contributed by atoms with Crippen LogP contribution in [0.25, 0.3) is 0 Å². The number of methoxy groups -OCH3 is 1. The molecule has 1 saturated carbocycles. The molecule has 2 heterocycles. The summed E-state index contributed by atoms with van der Waals surface area (Å²) in [5.74, 6) is -1.52. The van der Waals surface area contributed by atoms with Crippen molar-refractivity contribution in [3.8, 4) is 0 Å². The number of benzene rings is 1. The van der Waals surface area contributed by atoms with Crippen LogP contribution in [0.5, 0.6) is 0 Å². The van der Waals surface area contributed by atoms with Crippen LogP contribution in [0.4, 0.5) is 0 Å². The van der Waals surface area contributed by atoms with E-state index in [-0.39, 0.29) is 12.0 Å². The van der Waals surface area contributed by atoms with Crippen LogP contribution in [-0.4, -0.2) is 56.6 Å². The molecule has 0 unspecified atom stereocenters. The fraction of sp³-hybridized carbons (Fsp3) is 0.529. The Labute approximate surface area is 139 Å². The first kappa shape index (κ1) is 15.6. The molecule has 3 atom stereocenters. The van der Waals surface area contributed by atoms with Crippen LogP contribution in [-0.2, 0) is 23.8 Å². The molecule has 1 aromatic carbocycles. The van der Waals surface area contributed by atoms with Gasteiger partial charge in [-0.05, 0) is 12.1 Å². The molecule has 1 aromatic rings. The molecule has 1 aliphatic carbocycles. The van der Waals surface area contributed by atoms with Gasteiger partial charge in [0.2, 0.25) is 5.79 Å². The van der Waals surface area contributed by atoms with Crippen LogP contribution < -0.4 is 0 Å². The minimum absolute atomic E-state index is 0.157. The molecule has 3 aliphatic rings. The van der Waals surface area contributed by atoms with Crippen LogP contribution in [0.1, 0.15) is 16.8 Å². The first-order chi connectivity index (χ1) is 11.7. The monoisotopic (exact) mass is 333 g/mol. The lowest BCUT2D eigenvalue weighted by Crippen LogP contribution is -2.59. The Hall–Kier alpha value is -1.96. The standard InChI is InChI=1S/C17H19NO6/c1-20-14-12-10-23-18-15(12)17(21-7-8-22-17)9-13(14)24-16(19)11-5-3-2-4-6-11/h2-6,12-14H,7-10H2,1H3/t12-,13-,14-/m1/s1. The summed E-state index contributed by atoms with van der Waals surface area (Å²) < 4.78 is 23.0. The Morgan fingerprint density at radius 3 is 2.71 bits per heavy atom. The van der Waals surface area contributed by atoms with Gasteiger partial charge in [0.25, 0.3) is 0 Å². The van der Waals surface area contributed by atoms with Gasteiger partial charge in [0.05, 0.1) is 24.7 Å². The first-order valence-electron chi connectivity index (χ1n) is 8.00. The quantitative estimate of drug-likeness (QED) is 0.778. The fourth-order valence-electron chi connectivity index (χ4n) is 3.61. The lowest BCUT2D eigenvalue weighted by molar-refractivity contribution is -0.164. The second kappa shape index (κ2) is 6.16. The minimum Gasteiger partial charge on any atom is -0.456 e. The van der Waals surface area contributed by atoms with Gasteiger partial charge in [-0.25, -0.2) is 4.79 Å². The van der Waals surface area contributed by atoms with Crippen molar-refractivity contribution in [2.24, 2.45) is 11.1 Å². The Morgan fingerprint density at radius 1 is 1.25 bits per heavy atom. The highest BCUT2D eigenvalue weighted by Crippen LogP contribution is 2.41. The Morgan fingerprint density at radius 2 is 2.00 bits per heavy atom. The average Bonchev–Trinajstić information content (AvgIpc) is 3.26. The Kier molecular flexibility index (Phi) is 3.99. The molecule has 0 radical (unpaired) electrons. The van der Waals surface area contributed by atoms with Crippen molar-refractivity contribution >= 4 is 11.7 Å². The van der Waals surface area contributed by atoms with E-state index in [9.17, 15) is 4.79 Å². The number of oxime groups is 1. The highest BCUT2D eigenvalue weighted by Gasteiger charge is 2.58. The highest BCUT2D eigenvalue weighted by atomic mass is 16.7. The zero-order chi connectivity index (χ0) is 16.6. The second-order valence-corrected chi connectivity index (χ2v) is 6.04. The number of nitrogens with zero attached hydrogens (tertiary/aromatic N) is 1. The van der Waals surface area contributed by atoms with E-state index in [0.717, 1.165) is 0 Å².